The summed E-state index contributed by atoms with van der Waals surface area (Å²) in [5, 5.41) is 2.55. The highest BCUT2D eigenvalue weighted by atomic mass is 16.5. The molecule has 0 aliphatic heterocycles. The third kappa shape index (κ3) is 7.94. The number of esters is 1. The van der Waals surface area contributed by atoms with Crippen molar-refractivity contribution in [2.45, 2.75) is 13.3 Å². The molecule has 6 nitrogen and oxygen atoms in total. The molecule has 1 aromatic rings. The summed E-state index contributed by atoms with van der Waals surface area (Å²) in [5.74, 6) is -0.116. The predicted molar refractivity (Wildman–Crippen MR) is 77.1 cm³/mol. The Kier molecular flexibility index (Phi) is 7.89. The Labute approximate surface area is 124 Å². The second kappa shape index (κ2) is 9.77. The summed E-state index contributed by atoms with van der Waals surface area (Å²) < 4.78 is 15.0. The topological polar surface area (TPSA) is 73.9 Å². The molecule has 6 heteroatoms. The average Bonchev–Trinajstić information content (AvgIpc) is 2.47. The Balaban J connectivity index is 2.11. The number of hydrogen-bond donors (Lipinski definition) is 1. The molecule has 1 N–H and O–H groups in total. The van der Waals surface area contributed by atoms with Crippen LogP contribution >= 0.6 is 0 Å². The van der Waals surface area contributed by atoms with Gasteiger partial charge in [-0.15, -0.1) is 0 Å². The van der Waals surface area contributed by atoms with Crippen molar-refractivity contribution in [3.8, 4) is 5.75 Å². The quantitative estimate of drug-likeness (QED) is 0.545. The van der Waals surface area contributed by atoms with Gasteiger partial charge >= 0.3 is 5.97 Å². The average molecular weight is 295 g/mol. The second-order valence-corrected chi connectivity index (χ2v) is 4.41. The van der Waals surface area contributed by atoms with Gasteiger partial charge < -0.3 is 19.5 Å². The first-order valence-electron chi connectivity index (χ1n) is 6.72. The fraction of sp³-hybridized carbons (Fsp3) is 0.467. The third-order valence-electron chi connectivity index (χ3n) is 2.59. The summed E-state index contributed by atoms with van der Waals surface area (Å²) >= 11 is 0. The van der Waals surface area contributed by atoms with E-state index in [2.05, 4.69) is 5.32 Å². The molecule has 1 amide bonds. The van der Waals surface area contributed by atoms with Gasteiger partial charge in [-0.2, -0.15) is 0 Å². The van der Waals surface area contributed by atoms with Crippen LogP contribution in [0.25, 0.3) is 0 Å². The maximum absolute atomic E-state index is 11.4. The zero-order chi connectivity index (χ0) is 15.5. The van der Waals surface area contributed by atoms with E-state index in [1.165, 1.54) is 0 Å². The lowest BCUT2D eigenvalue weighted by Crippen LogP contribution is -2.31. The number of methoxy groups -OCH3 is 1. The second-order valence-electron chi connectivity index (χ2n) is 4.41. The Bertz CT molecular complexity index is 444. The number of benzene rings is 1. The SMILES string of the molecule is COCCNC(=O)COC(=O)CCOc1ccc(C)cc1. The standard InChI is InChI=1S/C15H21NO5/c1-12-3-5-13(6-4-12)20-9-7-15(18)21-11-14(17)16-8-10-19-2/h3-6H,7-11H2,1-2H3,(H,16,17). The highest BCUT2D eigenvalue weighted by Gasteiger charge is 2.07. The summed E-state index contributed by atoms with van der Waals surface area (Å²) in [7, 11) is 1.54. The van der Waals surface area contributed by atoms with Gasteiger partial charge in [0.1, 0.15) is 5.75 Å². The van der Waals surface area contributed by atoms with Gasteiger partial charge in [-0.1, -0.05) is 17.7 Å². The van der Waals surface area contributed by atoms with Crippen molar-refractivity contribution >= 4 is 11.9 Å². The molecule has 0 saturated carbocycles. The zero-order valence-electron chi connectivity index (χ0n) is 12.4. The fourth-order valence-corrected chi connectivity index (χ4v) is 1.45. The van der Waals surface area contributed by atoms with Gasteiger partial charge in [0.25, 0.3) is 5.91 Å². The molecule has 1 rings (SSSR count). The maximum Gasteiger partial charge on any atom is 0.309 e. The van der Waals surface area contributed by atoms with Crippen molar-refractivity contribution in [2.75, 3.05) is 33.5 Å². The minimum atomic E-state index is -0.469. The van der Waals surface area contributed by atoms with Gasteiger partial charge in [-0.05, 0) is 19.1 Å². The molecule has 0 aliphatic rings. The highest BCUT2D eigenvalue weighted by molar-refractivity contribution is 5.80. The molecular weight excluding hydrogens is 274 g/mol. The Morgan fingerprint density at radius 2 is 1.86 bits per heavy atom. The van der Waals surface area contributed by atoms with Crippen LogP contribution in [0.4, 0.5) is 0 Å². The van der Waals surface area contributed by atoms with Gasteiger partial charge in [0.2, 0.25) is 0 Å². The van der Waals surface area contributed by atoms with E-state index in [1.807, 2.05) is 31.2 Å². The van der Waals surface area contributed by atoms with Crippen molar-refractivity contribution in [1.82, 2.24) is 5.32 Å². The van der Waals surface area contributed by atoms with Crippen LogP contribution < -0.4 is 10.1 Å². The first-order chi connectivity index (χ1) is 10.1. The molecule has 116 valence electrons. The van der Waals surface area contributed by atoms with Crippen molar-refractivity contribution in [3.63, 3.8) is 0 Å². The smallest absolute Gasteiger partial charge is 0.309 e. The first-order valence-corrected chi connectivity index (χ1v) is 6.72. The third-order valence-corrected chi connectivity index (χ3v) is 2.59. The monoisotopic (exact) mass is 295 g/mol. The fourth-order valence-electron chi connectivity index (χ4n) is 1.45. The van der Waals surface area contributed by atoms with Crippen LogP contribution in [-0.2, 0) is 19.1 Å². The number of hydrogen-bond acceptors (Lipinski definition) is 5. The molecule has 0 aromatic heterocycles. The highest BCUT2D eigenvalue weighted by Crippen LogP contribution is 2.11. The minimum Gasteiger partial charge on any atom is -0.493 e. The van der Waals surface area contributed by atoms with Crippen LogP contribution in [0.15, 0.2) is 24.3 Å². The Hall–Kier alpha value is -2.08. The van der Waals surface area contributed by atoms with E-state index in [0.717, 1.165) is 5.56 Å². The lowest BCUT2D eigenvalue weighted by molar-refractivity contribution is -0.149. The molecule has 0 heterocycles. The van der Waals surface area contributed by atoms with Crippen LogP contribution in [0, 0.1) is 6.92 Å². The van der Waals surface area contributed by atoms with Gasteiger partial charge in [0.15, 0.2) is 6.61 Å². The zero-order valence-corrected chi connectivity index (χ0v) is 12.4. The van der Waals surface area contributed by atoms with Gasteiger partial charge in [0, 0.05) is 13.7 Å². The van der Waals surface area contributed by atoms with Crippen molar-refractivity contribution in [2.24, 2.45) is 0 Å². The number of carbonyl (C=O) groups is 2. The van der Waals surface area contributed by atoms with Crippen LogP contribution in [0.5, 0.6) is 5.75 Å². The van der Waals surface area contributed by atoms with E-state index in [0.29, 0.717) is 18.9 Å². The molecule has 0 radical (unpaired) electrons. The molecule has 0 saturated heterocycles. The van der Waals surface area contributed by atoms with Gasteiger partial charge in [-0.3, -0.25) is 9.59 Å². The molecular formula is C15H21NO5. The molecule has 0 aliphatic carbocycles. The number of aryl methyl sites for hydroxylation is 1. The number of ether oxygens (including phenoxy) is 3. The van der Waals surface area contributed by atoms with Crippen molar-refractivity contribution in [1.29, 1.82) is 0 Å². The molecule has 21 heavy (non-hydrogen) atoms. The predicted octanol–water partition coefficient (Wildman–Crippen LogP) is 1.07. The minimum absolute atomic E-state index is 0.0965. The number of carbonyl (C=O) groups excluding carboxylic acids is 2. The summed E-state index contributed by atoms with van der Waals surface area (Å²) in [6.07, 6.45) is 0.0965. The molecule has 0 fully saturated rings. The largest absolute Gasteiger partial charge is 0.493 e. The molecule has 0 spiro atoms. The van der Waals surface area contributed by atoms with Crippen molar-refractivity contribution < 1.29 is 23.8 Å². The van der Waals surface area contributed by atoms with Crippen LogP contribution in [0.2, 0.25) is 0 Å². The molecule has 0 bridgehead atoms. The first kappa shape index (κ1) is 17.0. The lowest BCUT2D eigenvalue weighted by atomic mass is 10.2. The van der Waals surface area contributed by atoms with E-state index in [4.69, 9.17) is 14.2 Å². The molecule has 1 aromatic carbocycles. The van der Waals surface area contributed by atoms with Crippen LogP contribution in [-0.4, -0.2) is 45.4 Å². The van der Waals surface area contributed by atoms with E-state index in [1.54, 1.807) is 7.11 Å². The summed E-state index contributed by atoms with van der Waals surface area (Å²) in [4.78, 5) is 22.7. The van der Waals surface area contributed by atoms with Crippen molar-refractivity contribution in [3.05, 3.63) is 29.8 Å². The van der Waals surface area contributed by atoms with E-state index in [-0.39, 0.29) is 25.5 Å². The lowest BCUT2D eigenvalue weighted by Gasteiger charge is -2.07. The number of nitrogens with one attached hydrogen (secondary N) is 1. The van der Waals surface area contributed by atoms with Gasteiger partial charge in [-0.25, -0.2) is 0 Å². The van der Waals surface area contributed by atoms with E-state index in [9.17, 15) is 9.59 Å². The normalized spacial score (nSPS) is 10.0. The summed E-state index contributed by atoms with van der Waals surface area (Å²) in [6.45, 7) is 2.73. The van der Waals surface area contributed by atoms with Gasteiger partial charge in [0.05, 0.1) is 19.6 Å². The van der Waals surface area contributed by atoms with Crippen LogP contribution in [0.1, 0.15) is 12.0 Å². The molecule has 0 unspecified atom stereocenters. The number of rotatable bonds is 9. The van der Waals surface area contributed by atoms with Crippen LogP contribution in [0.3, 0.4) is 0 Å². The summed E-state index contributed by atoms with van der Waals surface area (Å²) in [5.41, 5.74) is 1.14. The Morgan fingerprint density at radius 3 is 2.52 bits per heavy atom. The van der Waals surface area contributed by atoms with E-state index < -0.39 is 5.97 Å². The summed E-state index contributed by atoms with van der Waals surface area (Å²) in [6, 6.07) is 7.53. The van der Waals surface area contributed by atoms with E-state index >= 15 is 0 Å². The number of amides is 1. The maximum atomic E-state index is 11.4. The Morgan fingerprint density at radius 1 is 1.14 bits per heavy atom. The molecule has 0 atom stereocenters.